The van der Waals surface area contributed by atoms with Crippen LogP contribution in [-0.2, 0) is 6.54 Å². The zero-order valence-corrected chi connectivity index (χ0v) is 11.9. The van der Waals surface area contributed by atoms with Gasteiger partial charge in [0.25, 0.3) is 0 Å². The van der Waals surface area contributed by atoms with Gasteiger partial charge in [-0.1, -0.05) is 12.1 Å². The predicted octanol–water partition coefficient (Wildman–Crippen LogP) is 2.25. The third-order valence-electron chi connectivity index (χ3n) is 4.17. The van der Waals surface area contributed by atoms with Crippen molar-refractivity contribution in [3.8, 4) is 0 Å². The first-order chi connectivity index (χ1) is 10.4. The minimum atomic E-state index is 0.558. The second-order valence-corrected chi connectivity index (χ2v) is 5.72. The number of hydrogen-bond donors (Lipinski definition) is 1. The standard InChI is InChI=1S/C16H19N5/c1-2-6-15-14(5-1)18-16(19-15)13-11-20(12-13)8-4-10-21-9-3-7-17-21/h1-3,5-7,9,13H,4,8,10-12H2,(H,18,19). The predicted molar refractivity (Wildman–Crippen MR) is 82.1 cm³/mol. The minimum absolute atomic E-state index is 0.558. The van der Waals surface area contributed by atoms with Crippen LogP contribution in [0.5, 0.6) is 0 Å². The molecule has 0 bridgehead atoms. The second-order valence-electron chi connectivity index (χ2n) is 5.72. The Balaban J connectivity index is 1.28. The minimum Gasteiger partial charge on any atom is -0.342 e. The van der Waals surface area contributed by atoms with Crippen molar-refractivity contribution in [3.05, 3.63) is 48.5 Å². The van der Waals surface area contributed by atoms with Crippen LogP contribution in [0.3, 0.4) is 0 Å². The lowest BCUT2D eigenvalue weighted by Crippen LogP contribution is -2.45. The van der Waals surface area contributed by atoms with Gasteiger partial charge >= 0.3 is 0 Å². The summed E-state index contributed by atoms with van der Waals surface area (Å²) in [5, 5.41) is 4.23. The highest BCUT2D eigenvalue weighted by Gasteiger charge is 2.29. The molecule has 1 aromatic carbocycles. The molecule has 2 aromatic heterocycles. The van der Waals surface area contributed by atoms with Gasteiger partial charge in [0.1, 0.15) is 5.82 Å². The Labute approximate surface area is 123 Å². The average Bonchev–Trinajstić information content (AvgIpc) is 3.09. The van der Waals surface area contributed by atoms with E-state index < -0.39 is 0 Å². The Morgan fingerprint density at radius 2 is 2.05 bits per heavy atom. The molecule has 4 rings (SSSR count). The molecular weight excluding hydrogens is 262 g/mol. The number of rotatable bonds is 5. The topological polar surface area (TPSA) is 49.7 Å². The van der Waals surface area contributed by atoms with Gasteiger partial charge in [0.2, 0.25) is 0 Å². The zero-order chi connectivity index (χ0) is 14.1. The van der Waals surface area contributed by atoms with Crippen molar-refractivity contribution in [1.82, 2.24) is 24.6 Å². The van der Waals surface area contributed by atoms with Crippen LogP contribution in [0.15, 0.2) is 42.7 Å². The highest BCUT2D eigenvalue weighted by atomic mass is 15.3. The van der Waals surface area contributed by atoms with Gasteiger partial charge in [-0.05, 0) is 31.2 Å². The summed E-state index contributed by atoms with van der Waals surface area (Å²) in [6.45, 7) is 4.35. The molecule has 0 spiro atoms. The number of para-hydroxylation sites is 2. The fourth-order valence-corrected chi connectivity index (χ4v) is 2.98. The molecule has 3 aromatic rings. The van der Waals surface area contributed by atoms with Gasteiger partial charge in [-0.25, -0.2) is 4.98 Å². The maximum Gasteiger partial charge on any atom is 0.112 e. The summed E-state index contributed by atoms with van der Waals surface area (Å²) in [5.41, 5.74) is 2.22. The van der Waals surface area contributed by atoms with Crippen molar-refractivity contribution in [3.63, 3.8) is 0 Å². The van der Waals surface area contributed by atoms with Gasteiger partial charge in [0.05, 0.1) is 11.0 Å². The molecule has 0 amide bonds. The van der Waals surface area contributed by atoms with Gasteiger partial charge in [0, 0.05) is 37.9 Å². The van der Waals surface area contributed by atoms with E-state index in [9.17, 15) is 0 Å². The van der Waals surface area contributed by atoms with Crippen LogP contribution in [0.4, 0.5) is 0 Å². The van der Waals surface area contributed by atoms with Crippen molar-refractivity contribution in [2.75, 3.05) is 19.6 Å². The first-order valence-electron chi connectivity index (χ1n) is 7.53. The van der Waals surface area contributed by atoms with Crippen LogP contribution >= 0.6 is 0 Å². The normalized spacial score (nSPS) is 16.4. The number of likely N-dealkylation sites (tertiary alicyclic amines) is 1. The van der Waals surface area contributed by atoms with Gasteiger partial charge in [-0.3, -0.25) is 4.68 Å². The van der Waals surface area contributed by atoms with E-state index >= 15 is 0 Å². The summed E-state index contributed by atoms with van der Waals surface area (Å²) in [5.74, 6) is 1.70. The van der Waals surface area contributed by atoms with Gasteiger partial charge < -0.3 is 9.88 Å². The Morgan fingerprint density at radius 3 is 2.86 bits per heavy atom. The number of H-pyrrole nitrogens is 1. The summed E-state index contributed by atoms with van der Waals surface area (Å²) < 4.78 is 2.00. The largest absolute Gasteiger partial charge is 0.342 e. The van der Waals surface area contributed by atoms with Crippen LogP contribution in [0.2, 0.25) is 0 Å². The molecule has 1 fully saturated rings. The van der Waals surface area contributed by atoms with Crippen LogP contribution in [0, 0.1) is 0 Å². The molecule has 0 aliphatic carbocycles. The molecule has 5 heteroatoms. The fourth-order valence-electron chi connectivity index (χ4n) is 2.98. The lowest BCUT2D eigenvalue weighted by molar-refractivity contribution is 0.139. The summed E-state index contributed by atoms with van der Waals surface area (Å²) in [7, 11) is 0. The molecule has 21 heavy (non-hydrogen) atoms. The lowest BCUT2D eigenvalue weighted by atomic mass is 9.99. The maximum absolute atomic E-state index is 4.69. The van der Waals surface area contributed by atoms with Crippen LogP contribution in [0.1, 0.15) is 18.2 Å². The van der Waals surface area contributed by atoms with E-state index in [1.165, 1.54) is 0 Å². The van der Waals surface area contributed by atoms with E-state index in [4.69, 9.17) is 4.98 Å². The van der Waals surface area contributed by atoms with Gasteiger partial charge in [-0.2, -0.15) is 5.10 Å². The number of benzene rings is 1. The lowest BCUT2D eigenvalue weighted by Gasteiger charge is -2.38. The number of hydrogen-bond acceptors (Lipinski definition) is 3. The van der Waals surface area contributed by atoms with E-state index in [1.54, 1.807) is 0 Å². The molecule has 1 aliphatic rings. The Kier molecular flexibility index (Phi) is 3.20. The smallest absolute Gasteiger partial charge is 0.112 e. The summed E-state index contributed by atoms with van der Waals surface area (Å²) >= 11 is 0. The van der Waals surface area contributed by atoms with Crippen molar-refractivity contribution in [2.45, 2.75) is 18.9 Å². The summed E-state index contributed by atoms with van der Waals surface area (Å²) in [6, 6.07) is 10.2. The second kappa shape index (κ2) is 5.33. The third-order valence-corrected chi connectivity index (χ3v) is 4.17. The molecule has 108 valence electrons. The SMILES string of the molecule is c1ccc2[nH]c(C3CN(CCCn4cccn4)C3)nc2c1. The fraction of sp³-hybridized carbons (Fsp3) is 0.375. The van der Waals surface area contributed by atoms with Gasteiger partial charge in [0.15, 0.2) is 0 Å². The van der Waals surface area contributed by atoms with Crippen LogP contribution < -0.4 is 0 Å². The number of aromatic amines is 1. The number of nitrogens with one attached hydrogen (secondary N) is 1. The molecule has 5 nitrogen and oxygen atoms in total. The first-order valence-corrected chi connectivity index (χ1v) is 7.53. The molecule has 3 heterocycles. The number of imidazole rings is 1. The Bertz CT molecular complexity index is 676. The quantitative estimate of drug-likeness (QED) is 0.780. The average molecular weight is 281 g/mol. The highest BCUT2D eigenvalue weighted by Crippen LogP contribution is 2.26. The molecule has 0 radical (unpaired) electrons. The van der Waals surface area contributed by atoms with E-state index in [1.807, 2.05) is 35.3 Å². The van der Waals surface area contributed by atoms with E-state index in [0.29, 0.717) is 5.92 Å². The molecule has 1 saturated heterocycles. The number of aryl methyl sites for hydroxylation is 1. The molecule has 0 unspecified atom stereocenters. The summed E-state index contributed by atoms with van der Waals surface area (Å²) in [6.07, 6.45) is 5.00. The Hall–Kier alpha value is -2.14. The van der Waals surface area contributed by atoms with E-state index in [0.717, 1.165) is 49.5 Å². The third kappa shape index (κ3) is 2.56. The Morgan fingerprint density at radius 1 is 1.14 bits per heavy atom. The molecule has 1 N–H and O–H groups in total. The summed E-state index contributed by atoms with van der Waals surface area (Å²) in [4.78, 5) is 10.6. The van der Waals surface area contributed by atoms with Crippen LogP contribution in [-0.4, -0.2) is 44.3 Å². The number of fused-ring (bicyclic) bond motifs is 1. The van der Waals surface area contributed by atoms with Gasteiger partial charge in [-0.15, -0.1) is 0 Å². The zero-order valence-electron chi connectivity index (χ0n) is 11.9. The number of nitrogens with zero attached hydrogens (tertiary/aromatic N) is 4. The number of aromatic nitrogens is 4. The molecule has 1 aliphatic heterocycles. The van der Waals surface area contributed by atoms with Crippen molar-refractivity contribution in [1.29, 1.82) is 0 Å². The maximum atomic E-state index is 4.69. The molecular formula is C16H19N5. The van der Waals surface area contributed by atoms with Crippen LogP contribution in [0.25, 0.3) is 11.0 Å². The van der Waals surface area contributed by atoms with E-state index in [2.05, 4.69) is 27.1 Å². The van der Waals surface area contributed by atoms with Crippen molar-refractivity contribution in [2.24, 2.45) is 0 Å². The van der Waals surface area contributed by atoms with Crippen molar-refractivity contribution >= 4 is 11.0 Å². The molecule has 0 atom stereocenters. The van der Waals surface area contributed by atoms with E-state index in [-0.39, 0.29) is 0 Å². The molecule has 0 saturated carbocycles. The first kappa shape index (κ1) is 12.6. The van der Waals surface area contributed by atoms with Crippen molar-refractivity contribution < 1.29 is 0 Å². The monoisotopic (exact) mass is 281 g/mol. The highest BCUT2D eigenvalue weighted by molar-refractivity contribution is 5.74.